The number of rotatable bonds is 6. The quantitative estimate of drug-likeness (QED) is 0.700. The van der Waals surface area contributed by atoms with E-state index in [1.165, 1.54) is 11.3 Å². The summed E-state index contributed by atoms with van der Waals surface area (Å²) in [5.74, 6) is -1.40. The van der Waals surface area contributed by atoms with E-state index in [-0.39, 0.29) is 18.9 Å². The average molecular weight is 392 g/mol. The minimum absolute atomic E-state index is 0.0724. The summed E-state index contributed by atoms with van der Waals surface area (Å²) >= 11 is 1.43. The number of aliphatic carboxylic acids is 1. The van der Waals surface area contributed by atoms with Crippen molar-refractivity contribution in [3.63, 3.8) is 0 Å². The van der Waals surface area contributed by atoms with Gasteiger partial charge in [-0.15, -0.1) is 11.3 Å². The number of alkyl carbamates (subject to hydrolysis) is 1. The summed E-state index contributed by atoms with van der Waals surface area (Å²) in [5, 5.41) is 15.6. The van der Waals surface area contributed by atoms with Crippen molar-refractivity contribution in [2.45, 2.75) is 18.4 Å². The second-order valence-electron chi connectivity index (χ2n) is 6.62. The molecule has 142 valence electrons. The topological polar surface area (TPSA) is 78.5 Å². The van der Waals surface area contributed by atoms with Crippen molar-refractivity contribution in [2.75, 3.05) is 6.61 Å². The van der Waals surface area contributed by atoms with E-state index in [4.69, 9.17) is 4.74 Å². The predicted octanol–water partition coefficient (Wildman–Crippen LogP) is 2.95. The SMILES string of the molecule is O=C(N[C@@H](Cc1cccs1)C(=O)[O-])OCC1c2ccccc2-c2ccccc21. The Morgan fingerprint density at radius 1 is 1.00 bits per heavy atom. The Balaban J connectivity index is 1.44. The highest BCUT2D eigenvalue weighted by Crippen LogP contribution is 2.44. The van der Waals surface area contributed by atoms with Crippen LogP contribution in [-0.4, -0.2) is 24.7 Å². The molecule has 28 heavy (non-hydrogen) atoms. The van der Waals surface area contributed by atoms with Crippen LogP contribution in [0.15, 0.2) is 66.0 Å². The van der Waals surface area contributed by atoms with Crippen molar-refractivity contribution < 1.29 is 19.4 Å². The summed E-state index contributed by atoms with van der Waals surface area (Å²) in [6.07, 6.45) is -0.586. The fourth-order valence-corrected chi connectivity index (χ4v) is 4.36. The van der Waals surface area contributed by atoms with Crippen LogP contribution >= 0.6 is 11.3 Å². The van der Waals surface area contributed by atoms with Gasteiger partial charge in [-0.2, -0.15) is 0 Å². The Labute approximate surface area is 166 Å². The van der Waals surface area contributed by atoms with Crippen LogP contribution in [0.25, 0.3) is 11.1 Å². The zero-order valence-corrected chi connectivity index (χ0v) is 15.8. The smallest absolute Gasteiger partial charge is 0.407 e. The molecule has 6 heteroatoms. The first-order valence-corrected chi connectivity index (χ1v) is 9.86. The largest absolute Gasteiger partial charge is 0.548 e. The molecule has 1 N–H and O–H groups in total. The highest BCUT2D eigenvalue weighted by Gasteiger charge is 2.29. The number of fused-ring (bicyclic) bond motifs is 3. The van der Waals surface area contributed by atoms with Gasteiger partial charge in [-0.25, -0.2) is 4.79 Å². The van der Waals surface area contributed by atoms with Crippen molar-refractivity contribution in [3.05, 3.63) is 82.0 Å². The molecular weight excluding hydrogens is 374 g/mol. The molecule has 0 aliphatic heterocycles. The third-order valence-electron chi connectivity index (χ3n) is 4.91. The lowest BCUT2D eigenvalue weighted by molar-refractivity contribution is -0.308. The Bertz CT molecular complexity index is 954. The van der Waals surface area contributed by atoms with Crippen LogP contribution in [0, 0.1) is 0 Å². The molecule has 3 aromatic rings. The molecule has 0 saturated carbocycles. The molecule has 1 amide bonds. The van der Waals surface area contributed by atoms with Crippen LogP contribution in [0.5, 0.6) is 0 Å². The molecule has 5 nitrogen and oxygen atoms in total. The zero-order valence-electron chi connectivity index (χ0n) is 15.0. The van der Waals surface area contributed by atoms with E-state index in [0.717, 1.165) is 27.1 Å². The second kappa shape index (κ2) is 7.86. The van der Waals surface area contributed by atoms with Gasteiger partial charge in [0.05, 0.1) is 12.0 Å². The summed E-state index contributed by atoms with van der Waals surface area (Å²) in [6, 6.07) is 18.6. The van der Waals surface area contributed by atoms with Crippen LogP contribution in [0.3, 0.4) is 0 Å². The van der Waals surface area contributed by atoms with E-state index in [2.05, 4.69) is 17.4 Å². The Morgan fingerprint density at radius 3 is 2.21 bits per heavy atom. The van der Waals surface area contributed by atoms with Crippen LogP contribution in [0.1, 0.15) is 21.9 Å². The molecule has 1 aliphatic rings. The number of hydrogen-bond donors (Lipinski definition) is 1. The van der Waals surface area contributed by atoms with Gasteiger partial charge in [0.1, 0.15) is 6.61 Å². The number of carbonyl (C=O) groups is 2. The first kappa shape index (κ1) is 18.3. The molecule has 2 aromatic carbocycles. The highest BCUT2D eigenvalue weighted by molar-refractivity contribution is 7.09. The fraction of sp³-hybridized carbons (Fsp3) is 0.182. The van der Waals surface area contributed by atoms with Gasteiger partial charge in [0.2, 0.25) is 0 Å². The van der Waals surface area contributed by atoms with Gasteiger partial charge in [0, 0.05) is 17.2 Å². The summed E-state index contributed by atoms with van der Waals surface area (Å²) in [6.45, 7) is 0.138. The summed E-state index contributed by atoms with van der Waals surface area (Å²) in [5.41, 5.74) is 4.48. The minimum atomic E-state index is -1.33. The second-order valence-corrected chi connectivity index (χ2v) is 7.66. The number of carboxylic acid groups (broad SMARTS) is 1. The standard InChI is InChI=1S/C22H19NO4S/c24-21(25)20(12-14-6-5-11-28-14)23-22(26)27-13-19-17-9-3-1-7-15(17)16-8-2-4-10-18(16)19/h1-11,19-20H,12-13H2,(H,23,26)(H,24,25)/p-1/t20-/m0/s1. The van der Waals surface area contributed by atoms with Gasteiger partial charge >= 0.3 is 6.09 Å². The highest BCUT2D eigenvalue weighted by atomic mass is 32.1. The minimum Gasteiger partial charge on any atom is -0.548 e. The molecule has 1 aliphatic carbocycles. The van der Waals surface area contributed by atoms with Crippen molar-refractivity contribution in [2.24, 2.45) is 0 Å². The van der Waals surface area contributed by atoms with Crippen molar-refractivity contribution in [3.8, 4) is 11.1 Å². The fourth-order valence-electron chi connectivity index (χ4n) is 3.61. The lowest BCUT2D eigenvalue weighted by Crippen LogP contribution is -2.49. The maximum Gasteiger partial charge on any atom is 0.407 e. The normalized spacial score (nSPS) is 13.4. The van der Waals surface area contributed by atoms with Crippen LogP contribution in [-0.2, 0) is 16.0 Å². The molecule has 0 saturated heterocycles. The van der Waals surface area contributed by atoms with Crippen molar-refractivity contribution in [1.82, 2.24) is 5.32 Å². The number of nitrogens with one attached hydrogen (secondary N) is 1. The Kier molecular flexibility index (Phi) is 5.12. The number of ether oxygens (including phenoxy) is 1. The van der Waals surface area contributed by atoms with Gasteiger partial charge < -0.3 is 20.0 Å². The summed E-state index contributed by atoms with van der Waals surface area (Å²) < 4.78 is 5.40. The Morgan fingerprint density at radius 2 is 1.64 bits per heavy atom. The average Bonchev–Trinajstić information content (AvgIpc) is 3.32. The molecule has 4 rings (SSSR count). The molecule has 1 heterocycles. The first-order valence-electron chi connectivity index (χ1n) is 8.98. The molecule has 0 radical (unpaired) electrons. The Hall–Kier alpha value is -3.12. The van der Waals surface area contributed by atoms with Gasteiger partial charge in [0.25, 0.3) is 0 Å². The number of carbonyl (C=O) groups excluding carboxylic acids is 2. The van der Waals surface area contributed by atoms with E-state index in [1.54, 1.807) is 0 Å². The van der Waals surface area contributed by atoms with E-state index < -0.39 is 18.1 Å². The first-order chi connectivity index (χ1) is 13.6. The predicted molar refractivity (Wildman–Crippen MR) is 105 cm³/mol. The van der Waals surface area contributed by atoms with Gasteiger partial charge in [0.15, 0.2) is 0 Å². The molecule has 0 spiro atoms. The number of thiophene rings is 1. The number of carboxylic acids is 1. The molecular formula is C22H18NO4S-. The molecule has 0 unspecified atom stereocenters. The van der Waals surface area contributed by atoms with E-state index >= 15 is 0 Å². The van der Waals surface area contributed by atoms with E-state index in [9.17, 15) is 14.7 Å². The van der Waals surface area contributed by atoms with Crippen LogP contribution < -0.4 is 10.4 Å². The van der Waals surface area contributed by atoms with Gasteiger partial charge in [-0.3, -0.25) is 0 Å². The van der Waals surface area contributed by atoms with E-state index in [1.807, 2.05) is 53.9 Å². The number of amides is 1. The van der Waals surface area contributed by atoms with Gasteiger partial charge in [-0.05, 0) is 33.7 Å². The third-order valence-corrected chi connectivity index (χ3v) is 5.80. The monoisotopic (exact) mass is 392 g/mol. The maximum atomic E-state index is 12.2. The summed E-state index contributed by atoms with van der Waals surface area (Å²) in [7, 11) is 0. The van der Waals surface area contributed by atoms with Crippen molar-refractivity contribution in [1.29, 1.82) is 0 Å². The van der Waals surface area contributed by atoms with E-state index in [0.29, 0.717) is 0 Å². The maximum absolute atomic E-state index is 12.2. The van der Waals surface area contributed by atoms with Crippen LogP contribution in [0.4, 0.5) is 4.79 Å². The number of hydrogen-bond acceptors (Lipinski definition) is 5. The lowest BCUT2D eigenvalue weighted by Gasteiger charge is -2.20. The molecule has 1 atom stereocenters. The van der Waals surface area contributed by atoms with Crippen molar-refractivity contribution >= 4 is 23.4 Å². The third kappa shape index (κ3) is 3.64. The molecule has 1 aromatic heterocycles. The van der Waals surface area contributed by atoms with Gasteiger partial charge in [-0.1, -0.05) is 54.6 Å². The van der Waals surface area contributed by atoms with Crippen LogP contribution in [0.2, 0.25) is 0 Å². The molecule has 0 bridgehead atoms. The summed E-state index contributed by atoms with van der Waals surface area (Å²) in [4.78, 5) is 24.5. The number of benzene rings is 2. The molecule has 0 fully saturated rings. The zero-order chi connectivity index (χ0) is 19.5. The lowest BCUT2D eigenvalue weighted by atomic mass is 9.98.